The van der Waals surface area contributed by atoms with Crippen molar-refractivity contribution in [3.05, 3.63) is 71.8 Å². The molecule has 0 radical (unpaired) electrons. The third-order valence-corrected chi connectivity index (χ3v) is 7.01. The van der Waals surface area contributed by atoms with E-state index in [-0.39, 0.29) is 12.8 Å². The Bertz CT molecular complexity index is 1070. The van der Waals surface area contributed by atoms with E-state index in [1.54, 1.807) is 36.0 Å². The van der Waals surface area contributed by atoms with Crippen LogP contribution in [0.1, 0.15) is 36.8 Å². The molecule has 0 fully saturated rings. The van der Waals surface area contributed by atoms with Crippen LogP contribution in [-0.2, 0) is 32.0 Å². The fourth-order valence-electron chi connectivity index (χ4n) is 4.07. The SMILES string of the molecule is CSCCC(N)C(=O)NC(CCCCN)C(=O)NC(Cc1ccccc1)C(=O)NC(Cc1ccccc1)C(=O)O. The second-order valence-electron chi connectivity index (χ2n) is 9.57. The summed E-state index contributed by atoms with van der Waals surface area (Å²) >= 11 is 1.57. The van der Waals surface area contributed by atoms with Crippen molar-refractivity contribution < 1.29 is 24.3 Å². The average Bonchev–Trinajstić information content (AvgIpc) is 2.95. The number of carboxylic acids is 1. The monoisotopic (exact) mass is 571 g/mol. The Kier molecular flexibility index (Phi) is 14.8. The van der Waals surface area contributed by atoms with Crippen LogP contribution in [-0.4, -0.2) is 71.5 Å². The molecule has 8 N–H and O–H groups in total. The van der Waals surface area contributed by atoms with Crippen LogP contribution in [0.25, 0.3) is 0 Å². The lowest BCUT2D eigenvalue weighted by molar-refractivity contribution is -0.142. The number of hydrogen-bond donors (Lipinski definition) is 6. The number of carbonyl (C=O) groups excluding carboxylic acids is 3. The van der Waals surface area contributed by atoms with Crippen molar-refractivity contribution in [1.29, 1.82) is 0 Å². The highest BCUT2D eigenvalue weighted by Crippen LogP contribution is 2.09. The molecular formula is C29H41N5O5S. The summed E-state index contributed by atoms with van der Waals surface area (Å²) in [5, 5.41) is 17.9. The highest BCUT2D eigenvalue weighted by Gasteiger charge is 2.30. The molecular weight excluding hydrogens is 530 g/mol. The number of benzene rings is 2. The average molecular weight is 572 g/mol. The van der Waals surface area contributed by atoms with Gasteiger partial charge in [0.25, 0.3) is 0 Å². The van der Waals surface area contributed by atoms with Gasteiger partial charge in [0, 0.05) is 12.8 Å². The molecule has 3 amide bonds. The second-order valence-corrected chi connectivity index (χ2v) is 10.6. The fraction of sp³-hybridized carbons (Fsp3) is 0.448. The number of amides is 3. The third-order valence-electron chi connectivity index (χ3n) is 6.36. The van der Waals surface area contributed by atoms with Crippen molar-refractivity contribution in [3.63, 3.8) is 0 Å². The summed E-state index contributed by atoms with van der Waals surface area (Å²) in [6.07, 6.45) is 4.15. The zero-order valence-corrected chi connectivity index (χ0v) is 23.7. The Balaban J connectivity index is 2.22. The van der Waals surface area contributed by atoms with Gasteiger partial charge < -0.3 is 32.5 Å². The van der Waals surface area contributed by atoms with Crippen LogP contribution in [0.3, 0.4) is 0 Å². The summed E-state index contributed by atoms with van der Waals surface area (Å²) in [7, 11) is 0. The van der Waals surface area contributed by atoms with Crippen LogP contribution in [0.4, 0.5) is 0 Å². The number of rotatable bonds is 18. The van der Waals surface area contributed by atoms with Crippen molar-refractivity contribution in [2.75, 3.05) is 18.6 Å². The largest absolute Gasteiger partial charge is 0.480 e. The molecule has 4 unspecified atom stereocenters. The van der Waals surface area contributed by atoms with E-state index >= 15 is 0 Å². The maximum Gasteiger partial charge on any atom is 0.326 e. The first-order valence-corrected chi connectivity index (χ1v) is 14.8. The number of carbonyl (C=O) groups is 4. The van der Waals surface area contributed by atoms with Crippen molar-refractivity contribution in [2.24, 2.45) is 11.5 Å². The molecule has 40 heavy (non-hydrogen) atoms. The van der Waals surface area contributed by atoms with Crippen LogP contribution in [0, 0.1) is 0 Å². The molecule has 0 aliphatic rings. The number of aliphatic carboxylic acids is 1. The number of nitrogens with one attached hydrogen (secondary N) is 3. The minimum atomic E-state index is -1.19. The van der Waals surface area contributed by atoms with Gasteiger partial charge in [-0.25, -0.2) is 4.79 Å². The molecule has 0 aliphatic carbocycles. The minimum absolute atomic E-state index is 0.0830. The van der Waals surface area contributed by atoms with Crippen LogP contribution in [0.2, 0.25) is 0 Å². The van der Waals surface area contributed by atoms with Crippen molar-refractivity contribution >= 4 is 35.5 Å². The van der Waals surface area contributed by atoms with Crippen LogP contribution >= 0.6 is 11.8 Å². The van der Waals surface area contributed by atoms with E-state index in [1.807, 2.05) is 42.7 Å². The molecule has 0 saturated heterocycles. The van der Waals surface area contributed by atoms with Crippen molar-refractivity contribution in [2.45, 2.75) is 62.7 Å². The van der Waals surface area contributed by atoms with Gasteiger partial charge in [0.1, 0.15) is 18.1 Å². The smallest absolute Gasteiger partial charge is 0.326 e. The Morgan fingerprint density at radius 1 is 0.750 bits per heavy atom. The minimum Gasteiger partial charge on any atom is -0.480 e. The Hall–Kier alpha value is -3.41. The molecule has 0 spiro atoms. The quantitative estimate of drug-likeness (QED) is 0.145. The number of hydrogen-bond acceptors (Lipinski definition) is 7. The fourth-order valence-corrected chi connectivity index (χ4v) is 4.56. The Morgan fingerprint density at radius 2 is 1.25 bits per heavy atom. The number of carboxylic acid groups (broad SMARTS) is 1. The maximum absolute atomic E-state index is 13.4. The summed E-state index contributed by atoms with van der Waals surface area (Å²) in [4.78, 5) is 51.5. The topological polar surface area (TPSA) is 177 Å². The van der Waals surface area contributed by atoms with Gasteiger partial charge in [-0.05, 0) is 55.4 Å². The highest BCUT2D eigenvalue weighted by molar-refractivity contribution is 7.98. The molecule has 11 heteroatoms. The summed E-state index contributed by atoms with van der Waals surface area (Å²) < 4.78 is 0. The van der Waals surface area contributed by atoms with Crippen molar-refractivity contribution in [3.8, 4) is 0 Å². The zero-order chi connectivity index (χ0) is 29.3. The molecule has 218 valence electrons. The lowest BCUT2D eigenvalue weighted by Crippen LogP contribution is -2.57. The van der Waals surface area contributed by atoms with Gasteiger partial charge in [-0.2, -0.15) is 11.8 Å². The Morgan fingerprint density at radius 3 is 1.77 bits per heavy atom. The van der Waals surface area contributed by atoms with E-state index in [4.69, 9.17) is 11.5 Å². The van der Waals surface area contributed by atoms with E-state index in [9.17, 15) is 24.3 Å². The lowest BCUT2D eigenvalue weighted by Gasteiger charge is -2.25. The van der Waals surface area contributed by atoms with E-state index in [1.165, 1.54) is 0 Å². The number of nitrogens with two attached hydrogens (primary N) is 2. The van der Waals surface area contributed by atoms with Gasteiger partial charge in [-0.1, -0.05) is 60.7 Å². The molecule has 2 aromatic rings. The van der Waals surface area contributed by atoms with Gasteiger partial charge in [-0.3, -0.25) is 14.4 Å². The molecule has 0 aliphatic heterocycles. The molecule has 2 rings (SSSR count). The molecule has 0 bridgehead atoms. The predicted octanol–water partition coefficient (Wildman–Crippen LogP) is 1.22. The summed E-state index contributed by atoms with van der Waals surface area (Å²) in [5.41, 5.74) is 13.2. The van der Waals surface area contributed by atoms with Gasteiger partial charge in [0.05, 0.1) is 6.04 Å². The first kappa shape index (κ1) is 32.8. The second kappa shape index (κ2) is 18.0. The van der Waals surface area contributed by atoms with Gasteiger partial charge in [0.2, 0.25) is 17.7 Å². The van der Waals surface area contributed by atoms with Gasteiger partial charge in [-0.15, -0.1) is 0 Å². The summed E-state index contributed by atoms with van der Waals surface area (Å²) in [6, 6.07) is 14.1. The van der Waals surface area contributed by atoms with Crippen molar-refractivity contribution in [1.82, 2.24) is 16.0 Å². The molecule has 0 heterocycles. The summed E-state index contributed by atoms with van der Waals surface area (Å²) in [6.45, 7) is 0.437. The van der Waals surface area contributed by atoms with Crippen LogP contribution < -0.4 is 27.4 Å². The molecule has 4 atom stereocenters. The van der Waals surface area contributed by atoms with E-state index in [0.717, 1.165) is 11.1 Å². The van der Waals surface area contributed by atoms with Crippen LogP contribution in [0.5, 0.6) is 0 Å². The third kappa shape index (κ3) is 11.8. The van der Waals surface area contributed by atoms with Crippen LogP contribution in [0.15, 0.2) is 60.7 Å². The first-order chi connectivity index (χ1) is 19.2. The highest BCUT2D eigenvalue weighted by atomic mass is 32.2. The number of unbranched alkanes of at least 4 members (excludes halogenated alkanes) is 1. The first-order valence-electron chi connectivity index (χ1n) is 13.4. The Labute approximate surface area is 240 Å². The van der Waals surface area contributed by atoms with Gasteiger partial charge in [0.15, 0.2) is 0 Å². The van der Waals surface area contributed by atoms with Gasteiger partial charge >= 0.3 is 5.97 Å². The van der Waals surface area contributed by atoms with E-state index in [0.29, 0.717) is 38.0 Å². The molecule has 10 nitrogen and oxygen atoms in total. The summed E-state index contributed by atoms with van der Waals surface area (Å²) in [5.74, 6) is -2.11. The standard InChI is InChI=1S/C29H41N5O5S/c1-40-17-15-22(31)26(35)32-23(14-8-9-16-30)27(36)33-24(18-20-10-4-2-5-11-20)28(37)34-25(29(38)39)19-21-12-6-3-7-13-21/h2-7,10-13,22-25H,8-9,14-19,30-31H2,1H3,(H,32,35)(H,33,36)(H,34,37)(H,38,39). The zero-order valence-electron chi connectivity index (χ0n) is 22.9. The maximum atomic E-state index is 13.4. The predicted molar refractivity (Wildman–Crippen MR) is 158 cm³/mol. The van der Waals surface area contributed by atoms with E-state index < -0.39 is 47.9 Å². The van der Waals surface area contributed by atoms with E-state index in [2.05, 4.69) is 16.0 Å². The molecule has 0 aromatic heterocycles. The molecule has 2 aromatic carbocycles. The normalized spacial score (nSPS) is 13.9. The molecule has 0 saturated carbocycles. The lowest BCUT2D eigenvalue weighted by atomic mass is 10.0. The number of thioether (sulfide) groups is 1.